The van der Waals surface area contributed by atoms with Crippen LogP contribution < -0.4 is 16.2 Å². The molecule has 1 aromatic heterocycles. The fraction of sp³-hybridized carbons (Fsp3) is 0.133. The molecule has 3 rings (SSSR count). The number of anilines is 1. The van der Waals surface area contributed by atoms with Crippen molar-refractivity contribution in [2.45, 2.75) is 16.6 Å². The number of hydrazine groups is 1. The van der Waals surface area contributed by atoms with Crippen LogP contribution in [0.15, 0.2) is 52.0 Å². The van der Waals surface area contributed by atoms with Crippen LogP contribution in [0.2, 0.25) is 0 Å². The van der Waals surface area contributed by atoms with E-state index in [4.69, 9.17) is 4.42 Å². The van der Waals surface area contributed by atoms with Gasteiger partial charge >= 0.3 is 5.91 Å². The highest BCUT2D eigenvalue weighted by atomic mass is 32.2. The van der Waals surface area contributed by atoms with Gasteiger partial charge in [0.25, 0.3) is 0 Å². The minimum absolute atomic E-state index is 0.0523. The Labute approximate surface area is 135 Å². The zero-order valence-corrected chi connectivity index (χ0v) is 12.7. The number of fused-ring (bicyclic) bond motifs is 1. The van der Waals surface area contributed by atoms with E-state index >= 15 is 0 Å². The van der Waals surface area contributed by atoms with Gasteiger partial charge in [-0.05, 0) is 24.3 Å². The molecule has 0 bridgehead atoms. The van der Waals surface area contributed by atoms with Gasteiger partial charge in [0.2, 0.25) is 11.8 Å². The molecular weight excluding hydrogens is 318 g/mol. The molecule has 0 aliphatic carbocycles. The lowest BCUT2D eigenvalue weighted by molar-refractivity contribution is -0.124. The first-order valence-corrected chi connectivity index (χ1v) is 7.70. The number of benzene rings is 1. The topological polar surface area (TPSA) is 100 Å². The smallest absolute Gasteiger partial charge is 0.305 e. The van der Waals surface area contributed by atoms with E-state index in [2.05, 4.69) is 16.2 Å². The van der Waals surface area contributed by atoms with Gasteiger partial charge in [-0.25, -0.2) is 0 Å². The molecule has 23 heavy (non-hydrogen) atoms. The van der Waals surface area contributed by atoms with Crippen molar-refractivity contribution in [1.29, 1.82) is 0 Å². The van der Waals surface area contributed by atoms with Gasteiger partial charge in [-0.3, -0.25) is 25.2 Å². The van der Waals surface area contributed by atoms with Crippen LogP contribution >= 0.6 is 11.8 Å². The molecular formula is C15H13N3O4S. The number of nitrogens with one attached hydrogen (secondary N) is 3. The molecule has 1 unspecified atom stereocenters. The molecule has 8 heteroatoms. The Morgan fingerprint density at radius 2 is 2.00 bits per heavy atom. The van der Waals surface area contributed by atoms with E-state index in [0.29, 0.717) is 0 Å². The molecule has 0 fully saturated rings. The largest absolute Gasteiger partial charge is 0.459 e. The van der Waals surface area contributed by atoms with Gasteiger partial charge in [0, 0.05) is 11.3 Å². The predicted octanol–water partition coefficient (Wildman–Crippen LogP) is 1.54. The third kappa shape index (κ3) is 3.54. The Hall–Kier alpha value is -2.74. The van der Waals surface area contributed by atoms with Crippen molar-refractivity contribution in [2.75, 3.05) is 5.32 Å². The maximum absolute atomic E-state index is 12.0. The van der Waals surface area contributed by atoms with Crippen LogP contribution in [0.25, 0.3) is 0 Å². The van der Waals surface area contributed by atoms with Gasteiger partial charge in [-0.1, -0.05) is 12.1 Å². The van der Waals surface area contributed by atoms with Gasteiger partial charge in [0.15, 0.2) is 5.76 Å². The molecule has 1 aliphatic rings. The maximum atomic E-state index is 12.0. The van der Waals surface area contributed by atoms with Gasteiger partial charge < -0.3 is 9.73 Å². The van der Waals surface area contributed by atoms with E-state index in [0.717, 1.165) is 10.6 Å². The van der Waals surface area contributed by atoms with E-state index in [1.54, 1.807) is 12.1 Å². The zero-order chi connectivity index (χ0) is 16.2. The van der Waals surface area contributed by atoms with Crippen LogP contribution in [0.1, 0.15) is 17.0 Å². The minimum Gasteiger partial charge on any atom is -0.459 e. The standard InChI is InChI=1S/C15H13N3O4S/c19-13(17-18-14(20)10-5-3-7-22-10)8-12-15(21)16-9-4-1-2-6-11(9)23-12/h1-7,12H,8H2,(H,16,21)(H,17,19)(H,18,20). The Morgan fingerprint density at radius 3 is 2.78 bits per heavy atom. The van der Waals surface area contributed by atoms with Crippen LogP contribution in [0.5, 0.6) is 0 Å². The second kappa shape index (κ2) is 6.57. The first-order chi connectivity index (χ1) is 11.1. The molecule has 3 N–H and O–H groups in total. The number of thioether (sulfide) groups is 1. The van der Waals surface area contributed by atoms with Crippen LogP contribution in [0.3, 0.4) is 0 Å². The monoisotopic (exact) mass is 331 g/mol. The fourth-order valence-corrected chi connectivity index (χ4v) is 3.15. The fourth-order valence-electron chi connectivity index (χ4n) is 2.04. The van der Waals surface area contributed by atoms with E-state index in [-0.39, 0.29) is 18.1 Å². The molecule has 1 aromatic carbocycles. The lowest BCUT2D eigenvalue weighted by atomic mass is 10.2. The molecule has 0 saturated heterocycles. The number of rotatable bonds is 3. The van der Waals surface area contributed by atoms with Crippen molar-refractivity contribution in [3.05, 3.63) is 48.4 Å². The molecule has 1 atom stereocenters. The highest BCUT2D eigenvalue weighted by molar-refractivity contribution is 8.01. The summed E-state index contributed by atoms with van der Waals surface area (Å²) in [5.41, 5.74) is 5.25. The molecule has 2 heterocycles. The molecule has 3 amide bonds. The van der Waals surface area contributed by atoms with Crippen molar-refractivity contribution in [2.24, 2.45) is 0 Å². The average molecular weight is 331 g/mol. The second-order valence-corrected chi connectivity index (χ2v) is 6.02. The molecule has 0 saturated carbocycles. The summed E-state index contributed by atoms with van der Waals surface area (Å²) >= 11 is 1.32. The van der Waals surface area contributed by atoms with Crippen LogP contribution in [-0.4, -0.2) is 23.0 Å². The van der Waals surface area contributed by atoms with Crippen LogP contribution in [0.4, 0.5) is 5.69 Å². The summed E-state index contributed by atoms with van der Waals surface area (Å²) in [6, 6.07) is 10.4. The van der Waals surface area contributed by atoms with Crippen molar-refractivity contribution >= 4 is 35.2 Å². The van der Waals surface area contributed by atoms with Crippen molar-refractivity contribution in [1.82, 2.24) is 10.9 Å². The summed E-state index contributed by atoms with van der Waals surface area (Å²) in [6.07, 6.45) is 1.31. The lowest BCUT2D eigenvalue weighted by Crippen LogP contribution is -2.44. The highest BCUT2D eigenvalue weighted by Gasteiger charge is 2.28. The molecule has 118 valence electrons. The SMILES string of the molecule is O=C(CC1Sc2ccccc2NC1=O)NNC(=O)c1ccco1. The van der Waals surface area contributed by atoms with Crippen molar-refractivity contribution in [3.63, 3.8) is 0 Å². The number of furan rings is 1. The quantitative estimate of drug-likeness (QED) is 0.741. The lowest BCUT2D eigenvalue weighted by Gasteiger charge is -2.23. The Bertz CT molecular complexity index is 745. The Kier molecular flexibility index (Phi) is 4.33. The number of hydrogen-bond acceptors (Lipinski definition) is 5. The number of carbonyl (C=O) groups excluding carboxylic acids is 3. The average Bonchev–Trinajstić information content (AvgIpc) is 3.08. The second-order valence-electron chi connectivity index (χ2n) is 4.78. The third-order valence-electron chi connectivity index (χ3n) is 3.14. The van der Waals surface area contributed by atoms with Gasteiger partial charge in [0.1, 0.15) is 0 Å². The number of amides is 3. The van der Waals surface area contributed by atoms with Crippen LogP contribution in [0, 0.1) is 0 Å². The summed E-state index contributed by atoms with van der Waals surface area (Å²) < 4.78 is 4.90. The molecule has 0 radical (unpaired) electrons. The van der Waals surface area contributed by atoms with E-state index in [9.17, 15) is 14.4 Å². The van der Waals surface area contributed by atoms with Gasteiger partial charge in [-0.2, -0.15) is 0 Å². The molecule has 2 aromatic rings. The van der Waals surface area contributed by atoms with Crippen molar-refractivity contribution in [3.8, 4) is 0 Å². The molecule has 1 aliphatic heterocycles. The summed E-state index contributed by atoms with van der Waals surface area (Å²) in [5.74, 6) is -1.17. The first-order valence-electron chi connectivity index (χ1n) is 6.83. The number of hydrogen-bond donors (Lipinski definition) is 3. The Morgan fingerprint density at radius 1 is 1.17 bits per heavy atom. The summed E-state index contributed by atoms with van der Waals surface area (Å²) in [6.45, 7) is 0. The van der Waals surface area contributed by atoms with E-state index in [1.165, 1.54) is 24.1 Å². The summed E-state index contributed by atoms with van der Waals surface area (Å²) in [7, 11) is 0. The highest BCUT2D eigenvalue weighted by Crippen LogP contribution is 2.36. The maximum Gasteiger partial charge on any atom is 0.305 e. The zero-order valence-electron chi connectivity index (χ0n) is 11.9. The first kappa shape index (κ1) is 15.2. The summed E-state index contributed by atoms with van der Waals surface area (Å²) in [4.78, 5) is 36.4. The van der Waals surface area contributed by atoms with E-state index < -0.39 is 17.1 Å². The minimum atomic E-state index is -0.561. The van der Waals surface area contributed by atoms with Crippen LogP contribution in [-0.2, 0) is 9.59 Å². The number of carbonyl (C=O) groups is 3. The Balaban J connectivity index is 1.54. The summed E-state index contributed by atoms with van der Waals surface area (Å²) in [5, 5.41) is 2.21. The predicted molar refractivity (Wildman–Crippen MR) is 83.7 cm³/mol. The normalized spacial score (nSPS) is 16.2. The third-order valence-corrected chi connectivity index (χ3v) is 4.41. The van der Waals surface area contributed by atoms with Crippen molar-refractivity contribution < 1.29 is 18.8 Å². The van der Waals surface area contributed by atoms with Gasteiger partial charge in [0.05, 0.1) is 17.2 Å². The molecule has 7 nitrogen and oxygen atoms in total. The molecule has 0 spiro atoms. The van der Waals surface area contributed by atoms with E-state index in [1.807, 2.05) is 18.2 Å². The van der Waals surface area contributed by atoms with Gasteiger partial charge in [-0.15, -0.1) is 11.8 Å². The number of para-hydroxylation sites is 1.